The van der Waals surface area contributed by atoms with Crippen molar-refractivity contribution in [2.24, 2.45) is 0 Å². The Hall–Kier alpha value is -2.42. The highest BCUT2D eigenvalue weighted by Crippen LogP contribution is 2.30. The summed E-state index contributed by atoms with van der Waals surface area (Å²) in [5.41, 5.74) is -0.00690. The first-order valence-corrected chi connectivity index (χ1v) is 8.68. The van der Waals surface area contributed by atoms with Gasteiger partial charge in [-0.1, -0.05) is 6.07 Å². The monoisotopic (exact) mass is 381 g/mol. The van der Waals surface area contributed by atoms with Crippen molar-refractivity contribution in [3.05, 3.63) is 41.5 Å². The molecule has 1 fully saturated rings. The van der Waals surface area contributed by atoms with Crippen molar-refractivity contribution in [3.63, 3.8) is 0 Å². The van der Waals surface area contributed by atoms with E-state index in [-0.39, 0.29) is 11.9 Å². The second-order valence-electron chi connectivity index (χ2n) is 6.59. The highest BCUT2D eigenvalue weighted by atomic mass is 19.4. The van der Waals surface area contributed by atoms with Crippen LogP contribution in [0, 0.1) is 6.92 Å². The molecule has 2 aromatic heterocycles. The molecular weight excluding hydrogens is 359 g/mol. The molecule has 1 atom stereocenters. The molecule has 0 aliphatic carbocycles. The highest BCUT2D eigenvalue weighted by molar-refractivity contribution is 5.41. The summed E-state index contributed by atoms with van der Waals surface area (Å²) in [6.07, 6.45) is -4.48. The van der Waals surface area contributed by atoms with Gasteiger partial charge in [0.1, 0.15) is 17.3 Å². The van der Waals surface area contributed by atoms with E-state index in [0.717, 1.165) is 11.8 Å². The Balaban J connectivity index is 1.70. The van der Waals surface area contributed by atoms with Crippen molar-refractivity contribution < 1.29 is 17.9 Å². The van der Waals surface area contributed by atoms with Crippen LogP contribution in [0.1, 0.15) is 24.1 Å². The topological polar surface area (TPSA) is 54.4 Å². The summed E-state index contributed by atoms with van der Waals surface area (Å²) in [6, 6.07) is 6.78. The minimum Gasteiger partial charge on any atom is -0.481 e. The Morgan fingerprint density at radius 3 is 2.63 bits per heavy atom. The van der Waals surface area contributed by atoms with E-state index in [9.17, 15) is 13.2 Å². The molecule has 0 N–H and O–H groups in total. The van der Waals surface area contributed by atoms with Gasteiger partial charge in [-0.15, -0.1) is 0 Å². The van der Waals surface area contributed by atoms with Gasteiger partial charge in [0.05, 0.1) is 12.8 Å². The third kappa shape index (κ3) is 4.65. The molecule has 3 heterocycles. The number of hydrogen-bond acceptors (Lipinski definition) is 6. The van der Waals surface area contributed by atoms with Gasteiger partial charge >= 0.3 is 6.18 Å². The molecule has 0 aromatic carbocycles. The van der Waals surface area contributed by atoms with Gasteiger partial charge in [0, 0.05) is 44.4 Å². The van der Waals surface area contributed by atoms with E-state index < -0.39 is 11.9 Å². The Kier molecular flexibility index (Phi) is 5.50. The first kappa shape index (κ1) is 19.3. The molecule has 1 aliphatic rings. The lowest BCUT2D eigenvalue weighted by Gasteiger charge is -2.40. The van der Waals surface area contributed by atoms with Crippen molar-refractivity contribution >= 4 is 5.82 Å². The average molecular weight is 381 g/mol. The van der Waals surface area contributed by atoms with Crippen LogP contribution in [0.3, 0.4) is 0 Å². The summed E-state index contributed by atoms with van der Waals surface area (Å²) in [5.74, 6) is 1.01. The molecule has 1 saturated heterocycles. The van der Waals surface area contributed by atoms with Crippen LogP contribution in [0.4, 0.5) is 19.0 Å². The van der Waals surface area contributed by atoms with Crippen LogP contribution in [0.15, 0.2) is 24.3 Å². The van der Waals surface area contributed by atoms with Crippen LogP contribution in [-0.4, -0.2) is 52.6 Å². The van der Waals surface area contributed by atoms with Crippen molar-refractivity contribution in [2.45, 2.75) is 32.6 Å². The van der Waals surface area contributed by atoms with Crippen molar-refractivity contribution in [1.29, 1.82) is 0 Å². The van der Waals surface area contributed by atoms with E-state index in [4.69, 9.17) is 4.74 Å². The Bertz CT molecular complexity index is 799. The average Bonchev–Trinajstić information content (AvgIpc) is 2.62. The minimum absolute atomic E-state index is 0.121. The molecule has 1 unspecified atom stereocenters. The van der Waals surface area contributed by atoms with Crippen LogP contribution in [0.25, 0.3) is 0 Å². The van der Waals surface area contributed by atoms with Gasteiger partial charge in [-0.2, -0.15) is 13.2 Å². The number of pyridine rings is 1. The van der Waals surface area contributed by atoms with E-state index in [2.05, 4.69) is 19.9 Å². The van der Waals surface area contributed by atoms with E-state index in [1.807, 2.05) is 24.0 Å². The van der Waals surface area contributed by atoms with Crippen molar-refractivity contribution in [1.82, 2.24) is 19.9 Å². The molecule has 0 bridgehead atoms. The van der Waals surface area contributed by atoms with Crippen LogP contribution in [0.5, 0.6) is 5.88 Å². The van der Waals surface area contributed by atoms with E-state index in [0.29, 0.717) is 37.9 Å². The molecule has 3 rings (SSSR count). The van der Waals surface area contributed by atoms with Gasteiger partial charge < -0.3 is 9.64 Å². The molecule has 0 spiro atoms. The zero-order chi connectivity index (χ0) is 19.6. The molecular formula is C18H22F3N5O. The number of nitrogens with zero attached hydrogens (tertiary/aromatic N) is 5. The molecule has 6 nitrogen and oxygen atoms in total. The van der Waals surface area contributed by atoms with Gasteiger partial charge in [0.25, 0.3) is 0 Å². The predicted molar refractivity (Wildman–Crippen MR) is 94.6 cm³/mol. The summed E-state index contributed by atoms with van der Waals surface area (Å²) in [5, 5.41) is 0. The number of aryl methyl sites for hydroxylation is 1. The molecule has 2 aromatic rings. The van der Waals surface area contributed by atoms with Crippen LogP contribution in [0.2, 0.25) is 0 Å². The minimum atomic E-state index is -4.48. The van der Waals surface area contributed by atoms with Crippen molar-refractivity contribution in [2.75, 3.05) is 31.6 Å². The van der Waals surface area contributed by atoms with Gasteiger partial charge in [-0.05, 0) is 19.9 Å². The summed E-state index contributed by atoms with van der Waals surface area (Å²) < 4.78 is 44.2. The summed E-state index contributed by atoms with van der Waals surface area (Å²) in [7, 11) is 1.58. The summed E-state index contributed by atoms with van der Waals surface area (Å²) in [6.45, 7) is 6.05. The van der Waals surface area contributed by atoms with E-state index in [1.54, 1.807) is 13.2 Å². The second kappa shape index (κ2) is 7.67. The molecule has 0 radical (unpaired) electrons. The Morgan fingerprint density at radius 1 is 1.19 bits per heavy atom. The number of rotatable bonds is 4. The standard InChI is InChI=1S/C18H22F3N5O/c1-12-10-26(16-9-15(18(19,20)21)22-13(2)23-16)8-7-25(12)11-14-5-4-6-17(24-14)27-3/h4-6,9,12H,7-8,10-11H2,1-3H3. The van der Waals surface area contributed by atoms with Crippen LogP contribution < -0.4 is 9.64 Å². The fourth-order valence-corrected chi connectivity index (χ4v) is 3.16. The number of aromatic nitrogens is 3. The number of piperazine rings is 1. The van der Waals surface area contributed by atoms with E-state index >= 15 is 0 Å². The fourth-order valence-electron chi connectivity index (χ4n) is 3.16. The lowest BCUT2D eigenvalue weighted by molar-refractivity contribution is -0.141. The normalized spacial score (nSPS) is 18.6. The van der Waals surface area contributed by atoms with Gasteiger partial charge in [0.15, 0.2) is 0 Å². The highest BCUT2D eigenvalue weighted by Gasteiger charge is 2.34. The third-order valence-corrected chi connectivity index (χ3v) is 4.56. The maximum atomic E-state index is 13.0. The zero-order valence-electron chi connectivity index (χ0n) is 15.5. The maximum absolute atomic E-state index is 13.0. The fraction of sp³-hybridized carbons (Fsp3) is 0.500. The van der Waals surface area contributed by atoms with E-state index in [1.165, 1.54) is 6.92 Å². The third-order valence-electron chi connectivity index (χ3n) is 4.56. The van der Waals surface area contributed by atoms with Gasteiger partial charge in [-0.3, -0.25) is 4.90 Å². The molecule has 1 aliphatic heterocycles. The van der Waals surface area contributed by atoms with Gasteiger partial charge in [-0.25, -0.2) is 15.0 Å². The number of alkyl halides is 3. The number of methoxy groups -OCH3 is 1. The molecule has 27 heavy (non-hydrogen) atoms. The number of ether oxygens (including phenoxy) is 1. The lowest BCUT2D eigenvalue weighted by atomic mass is 10.1. The number of anilines is 1. The second-order valence-corrected chi connectivity index (χ2v) is 6.59. The summed E-state index contributed by atoms with van der Waals surface area (Å²) in [4.78, 5) is 16.3. The number of halogens is 3. The first-order valence-electron chi connectivity index (χ1n) is 8.68. The van der Waals surface area contributed by atoms with Crippen molar-refractivity contribution in [3.8, 4) is 5.88 Å². The molecule has 0 amide bonds. The first-order chi connectivity index (χ1) is 12.8. The van der Waals surface area contributed by atoms with Crippen LogP contribution in [-0.2, 0) is 12.7 Å². The molecule has 0 saturated carbocycles. The lowest BCUT2D eigenvalue weighted by Crippen LogP contribution is -2.51. The Labute approximate surface area is 156 Å². The maximum Gasteiger partial charge on any atom is 0.433 e. The molecule has 146 valence electrons. The predicted octanol–water partition coefficient (Wildman–Crippen LogP) is 2.92. The quantitative estimate of drug-likeness (QED) is 0.812. The summed E-state index contributed by atoms with van der Waals surface area (Å²) >= 11 is 0. The smallest absolute Gasteiger partial charge is 0.433 e. The zero-order valence-corrected chi connectivity index (χ0v) is 15.5. The van der Waals surface area contributed by atoms with Gasteiger partial charge in [0.2, 0.25) is 5.88 Å². The largest absolute Gasteiger partial charge is 0.481 e. The molecule has 9 heteroatoms. The number of hydrogen-bond donors (Lipinski definition) is 0. The van der Waals surface area contributed by atoms with Crippen LogP contribution >= 0.6 is 0 Å². The SMILES string of the molecule is COc1cccc(CN2CCN(c3cc(C(F)(F)F)nc(C)n3)CC2C)n1. The Morgan fingerprint density at radius 2 is 1.96 bits per heavy atom.